The van der Waals surface area contributed by atoms with Crippen LogP contribution < -0.4 is 0 Å². The van der Waals surface area contributed by atoms with Crippen LogP contribution in [0.25, 0.3) is 0 Å². The van der Waals surface area contributed by atoms with Gasteiger partial charge in [-0.2, -0.15) is 17.5 Å². The van der Waals surface area contributed by atoms with E-state index < -0.39 is 33.0 Å². The van der Waals surface area contributed by atoms with Gasteiger partial charge in [-0.15, -0.1) is 0 Å². The van der Waals surface area contributed by atoms with Crippen molar-refractivity contribution in [1.82, 2.24) is 14.2 Å². The Morgan fingerprint density at radius 1 is 1.14 bits per heavy atom. The fraction of sp³-hybridized carbons (Fsp3) is 0.435. The normalized spacial score (nSPS) is 26.6. The number of likely N-dealkylation sites (tertiary alicyclic amines) is 1. The molecule has 1 amide bonds. The average Bonchev–Trinajstić information content (AvgIpc) is 3.22. The molecule has 4 heterocycles. The van der Waals surface area contributed by atoms with Gasteiger partial charge in [0.25, 0.3) is 5.91 Å². The zero-order valence-electron chi connectivity index (χ0n) is 19.0. The third-order valence-electron chi connectivity index (χ3n) is 6.44. The molecule has 1 N–H and O–H groups in total. The fourth-order valence-electron chi connectivity index (χ4n) is 4.88. The van der Waals surface area contributed by atoms with Crippen LogP contribution in [0.15, 0.2) is 54.9 Å². The fourth-order valence-corrected chi connectivity index (χ4v) is 7.19. The molecule has 1 spiro atoms. The van der Waals surface area contributed by atoms with Crippen LogP contribution in [0.5, 0.6) is 0 Å². The summed E-state index contributed by atoms with van der Waals surface area (Å²) < 4.78 is 65.9. The number of aliphatic carboxylic acids is 1. The predicted molar refractivity (Wildman–Crippen MR) is 120 cm³/mol. The molecule has 1 aromatic heterocycles. The first-order valence-corrected chi connectivity index (χ1v) is 12.6. The Morgan fingerprint density at radius 2 is 1.83 bits per heavy atom. The predicted octanol–water partition coefficient (Wildman–Crippen LogP) is 1.96. The monoisotopic (exact) mass is 527 g/mol. The van der Waals surface area contributed by atoms with Gasteiger partial charge in [0.05, 0.1) is 18.2 Å². The number of fused-ring (bicyclic) bond motifs is 1. The number of amides is 1. The lowest BCUT2D eigenvalue weighted by Crippen LogP contribution is -2.56. The molecule has 5 rings (SSSR count). The van der Waals surface area contributed by atoms with Crippen molar-refractivity contribution >= 4 is 21.9 Å². The largest absolute Gasteiger partial charge is 0.490 e. The number of carbonyl (C=O) groups is 2. The minimum Gasteiger partial charge on any atom is -0.475 e. The third-order valence-corrected chi connectivity index (χ3v) is 8.81. The number of pyridine rings is 1. The van der Waals surface area contributed by atoms with Gasteiger partial charge in [0.2, 0.25) is 10.0 Å². The number of carboxylic acids is 1. The second-order valence-electron chi connectivity index (χ2n) is 8.87. The summed E-state index contributed by atoms with van der Waals surface area (Å²) in [6.45, 7) is 1.45. The van der Waals surface area contributed by atoms with Gasteiger partial charge in [0, 0.05) is 32.0 Å². The van der Waals surface area contributed by atoms with Gasteiger partial charge in [-0.1, -0.05) is 30.3 Å². The first-order valence-electron chi connectivity index (χ1n) is 11.1. The van der Waals surface area contributed by atoms with Crippen molar-refractivity contribution < 1.29 is 41.0 Å². The lowest BCUT2D eigenvalue weighted by Gasteiger charge is -2.39. The van der Waals surface area contributed by atoms with Crippen molar-refractivity contribution in [2.24, 2.45) is 0 Å². The summed E-state index contributed by atoms with van der Waals surface area (Å²) in [4.78, 5) is 27.6. The maximum atomic E-state index is 13.2. The van der Waals surface area contributed by atoms with Crippen LogP contribution in [-0.2, 0) is 26.0 Å². The zero-order valence-corrected chi connectivity index (χ0v) is 19.8. The summed E-state index contributed by atoms with van der Waals surface area (Å²) in [5, 5.41) is 6.54. The molecule has 3 aliphatic rings. The summed E-state index contributed by atoms with van der Waals surface area (Å²) in [5.41, 5.74) is 0.785. The average molecular weight is 528 g/mol. The molecule has 1 aromatic carbocycles. The molecule has 2 aromatic rings. The van der Waals surface area contributed by atoms with Crippen molar-refractivity contribution in [3.63, 3.8) is 0 Å². The SMILES string of the molecule is O=C(O)C(F)(F)F.O=C(c1cccnc1)N1C[C@H]2C[C@H]3[C@](C1)(CN(CCc1ccccc1)S3(=O)=O)O2. The van der Waals surface area contributed by atoms with Gasteiger partial charge in [0.15, 0.2) is 0 Å². The molecule has 13 heteroatoms. The van der Waals surface area contributed by atoms with E-state index in [4.69, 9.17) is 14.6 Å². The standard InChI is InChI=1S/C21H23N3O4S.C2HF3O2/c25-20(17-7-4-9-22-12-17)23-13-18-11-19-21(14-23,28-18)15-24(29(19,26)27)10-8-16-5-2-1-3-6-16;3-2(4,5)1(6)7/h1-7,9,12,18-19H,8,10-11,13-15H2;(H,6,7)/t18-,19+,21+;/m1./s1. The maximum absolute atomic E-state index is 13.2. The lowest BCUT2D eigenvalue weighted by atomic mass is 9.99. The van der Waals surface area contributed by atoms with Crippen LogP contribution in [0.3, 0.4) is 0 Å². The van der Waals surface area contributed by atoms with Crippen molar-refractivity contribution in [1.29, 1.82) is 0 Å². The highest BCUT2D eigenvalue weighted by atomic mass is 32.2. The molecule has 0 unspecified atom stereocenters. The lowest BCUT2D eigenvalue weighted by molar-refractivity contribution is -0.192. The molecule has 3 aliphatic heterocycles. The van der Waals surface area contributed by atoms with E-state index in [-0.39, 0.29) is 12.0 Å². The molecule has 0 aliphatic carbocycles. The highest BCUT2D eigenvalue weighted by molar-refractivity contribution is 7.90. The van der Waals surface area contributed by atoms with E-state index >= 15 is 0 Å². The van der Waals surface area contributed by atoms with Crippen LogP contribution in [-0.4, -0.2) is 88.9 Å². The highest BCUT2D eigenvalue weighted by Gasteiger charge is 2.65. The number of carboxylic acid groups (broad SMARTS) is 1. The van der Waals surface area contributed by atoms with Crippen LogP contribution in [0.2, 0.25) is 0 Å². The topological polar surface area (TPSA) is 117 Å². The Balaban J connectivity index is 0.000000384. The van der Waals surface area contributed by atoms with E-state index in [9.17, 15) is 26.4 Å². The molecular weight excluding hydrogens is 503 g/mol. The number of ether oxygens (including phenoxy) is 1. The Hall–Kier alpha value is -3.03. The van der Waals surface area contributed by atoms with E-state index in [0.29, 0.717) is 44.6 Å². The maximum Gasteiger partial charge on any atom is 0.490 e. The van der Waals surface area contributed by atoms with Crippen LogP contribution in [0.4, 0.5) is 13.2 Å². The molecule has 0 saturated carbocycles. The Kier molecular flexibility index (Phi) is 7.08. The molecule has 3 atom stereocenters. The van der Waals surface area contributed by atoms with Gasteiger partial charge in [-0.25, -0.2) is 13.2 Å². The number of aromatic nitrogens is 1. The third kappa shape index (κ3) is 5.22. The van der Waals surface area contributed by atoms with Gasteiger partial charge < -0.3 is 14.7 Å². The number of halogens is 3. The second kappa shape index (κ2) is 9.79. The summed E-state index contributed by atoms with van der Waals surface area (Å²) in [6, 6.07) is 13.3. The zero-order chi connectivity index (χ0) is 26.1. The molecule has 194 valence electrons. The Labute approximate surface area is 205 Å². The van der Waals surface area contributed by atoms with E-state index in [1.165, 1.54) is 0 Å². The number of morpholine rings is 1. The van der Waals surface area contributed by atoms with Gasteiger partial charge in [0.1, 0.15) is 10.9 Å². The van der Waals surface area contributed by atoms with E-state index in [1.54, 1.807) is 33.7 Å². The number of carbonyl (C=O) groups excluding carboxylic acids is 1. The van der Waals surface area contributed by atoms with Crippen LogP contribution in [0.1, 0.15) is 22.3 Å². The van der Waals surface area contributed by atoms with Gasteiger partial charge in [-0.05, 0) is 30.5 Å². The first-order chi connectivity index (χ1) is 16.9. The number of benzene rings is 1. The second-order valence-corrected chi connectivity index (χ2v) is 11.0. The summed E-state index contributed by atoms with van der Waals surface area (Å²) in [5.74, 6) is -2.88. The smallest absolute Gasteiger partial charge is 0.475 e. The molecule has 2 bridgehead atoms. The number of hydrogen-bond donors (Lipinski definition) is 1. The number of rotatable bonds is 4. The molecule has 9 nitrogen and oxygen atoms in total. The first kappa shape index (κ1) is 26.0. The molecular formula is C23H24F3N3O6S. The van der Waals surface area contributed by atoms with Gasteiger partial charge in [-0.3, -0.25) is 9.78 Å². The van der Waals surface area contributed by atoms with E-state index in [1.807, 2.05) is 30.3 Å². The quantitative estimate of drug-likeness (QED) is 0.646. The van der Waals surface area contributed by atoms with Crippen molar-refractivity contribution in [3.8, 4) is 0 Å². The molecule has 0 radical (unpaired) electrons. The minimum absolute atomic E-state index is 0.119. The molecule has 3 fully saturated rings. The van der Waals surface area contributed by atoms with Crippen molar-refractivity contribution in [2.45, 2.75) is 36.0 Å². The van der Waals surface area contributed by atoms with E-state index in [2.05, 4.69) is 4.98 Å². The minimum atomic E-state index is -5.08. The van der Waals surface area contributed by atoms with Crippen molar-refractivity contribution in [3.05, 3.63) is 66.0 Å². The number of nitrogens with zero attached hydrogens (tertiary/aromatic N) is 3. The number of alkyl halides is 3. The van der Waals surface area contributed by atoms with Crippen LogP contribution in [0, 0.1) is 0 Å². The number of hydrogen-bond acceptors (Lipinski definition) is 6. The molecule has 3 saturated heterocycles. The van der Waals surface area contributed by atoms with E-state index in [0.717, 1.165) is 5.56 Å². The van der Waals surface area contributed by atoms with Crippen molar-refractivity contribution in [2.75, 3.05) is 26.2 Å². The van der Waals surface area contributed by atoms with Gasteiger partial charge >= 0.3 is 12.1 Å². The molecule has 36 heavy (non-hydrogen) atoms. The van der Waals surface area contributed by atoms with Crippen LogP contribution >= 0.6 is 0 Å². The summed E-state index contributed by atoms with van der Waals surface area (Å²) >= 11 is 0. The Morgan fingerprint density at radius 3 is 2.44 bits per heavy atom. The Bertz CT molecular complexity index is 1210. The highest BCUT2D eigenvalue weighted by Crippen LogP contribution is 2.46. The summed E-state index contributed by atoms with van der Waals surface area (Å²) in [6.07, 6.45) is -1.04. The summed E-state index contributed by atoms with van der Waals surface area (Å²) in [7, 11) is -3.45. The number of sulfonamides is 1.